The fourth-order valence-corrected chi connectivity index (χ4v) is 2.04. The van der Waals surface area contributed by atoms with E-state index in [1.807, 2.05) is 6.92 Å². The highest BCUT2D eigenvalue weighted by molar-refractivity contribution is 5.85. The summed E-state index contributed by atoms with van der Waals surface area (Å²) in [6.45, 7) is 3.87. The number of hydrogen-bond acceptors (Lipinski definition) is 6. The summed E-state index contributed by atoms with van der Waals surface area (Å²) in [6, 6.07) is 6.68. The third-order valence-corrected chi connectivity index (χ3v) is 3.49. The number of phenolic OH excluding ortho intramolecular Hbond substituents is 1. The van der Waals surface area contributed by atoms with E-state index in [1.54, 1.807) is 43.6 Å². The van der Waals surface area contributed by atoms with Gasteiger partial charge in [-0.1, -0.05) is 0 Å². The van der Waals surface area contributed by atoms with Gasteiger partial charge in [-0.3, -0.25) is 15.0 Å². The topological polar surface area (TPSA) is 98.3 Å². The van der Waals surface area contributed by atoms with E-state index >= 15 is 0 Å². The Labute approximate surface area is 140 Å². The maximum Gasteiger partial charge on any atom is 0.145 e. The van der Waals surface area contributed by atoms with Crippen LogP contribution < -0.4 is 0 Å². The van der Waals surface area contributed by atoms with Crippen LogP contribution in [-0.2, 0) is 6.61 Å². The van der Waals surface area contributed by atoms with Gasteiger partial charge >= 0.3 is 0 Å². The molecule has 1 heterocycles. The number of nitrogens with zero attached hydrogens (tertiary/aromatic N) is 3. The van der Waals surface area contributed by atoms with E-state index in [0.29, 0.717) is 23.4 Å². The highest BCUT2D eigenvalue weighted by Gasteiger charge is 2.09. The number of pyridine rings is 1. The highest BCUT2D eigenvalue weighted by atomic mass is 16.3. The van der Waals surface area contributed by atoms with Crippen molar-refractivity contribution < 1.29 is 15.3 Å². The standard InChI is InChI=1S/C18H21N3O3/c1-12(7-19-8-14-3-5-16(23)6-4-14)20-10-17-15(11-22)9-21-13(2)18(17)24/h3-6,8-10,12,22-24H,7,11H2,1-2H3. The van der Waals surface area contributed by atoms with Gasteiger partial charge in [0.15, 0.2) is 0 Å². The van der Waals surface area contributed by atoms with Crippen molar-refractivity contribution in [2.75, 3.05) is 6.54 Å². The second-order valence-electron chi connectivity index (χ2n) is 5.50. The van der Waals surface area contributed by atoms with Crippen molar-refractivity contribution in [1.82, 2.24) is 4.98 Å². The molecule has 24 heavy (non-hydrogen) atoms. The first-order chi connectivity index (χ1) is 11.5. The summed E-state index contributed by atoms with van der Waals surface area (Å²) in [6.07, 6.45) is 4.80. The Morgan fingerprint density at radius 1 is 1.17 bits per heavy atom. The van der Waals surface area contributed by atoms with Crippen molar-refractivity contribution in [3.05, 3.63) is 52.8 Å². The number of aromatic nitrogens is 1. The third-order valence-electron chi connectivity index (χ3n) is 3.49. The number of aliphatic imine (C=N–C) groups is 2. The molecular weight excluding hydrogens is 306 g/mol. The van der Waals surface area contributed by atoms with Crippen LogP contribution in [0.5, 0.6) is 11.5 Å². The van der Waals surface area contributed by atoms with Crippen molar-refractivity contribution in [3.63, 3.8) is 0 Å². The van der Waals surface area contributed by atoms with E-state index in [-0.39, 0.29) is 24.1 Å². The Morgan fingerprint density at radius 3 is 2.54 bits per heavy atom. The number of aliphatic hydroxyl groups excluding tert-OH is 1. The molecule has 0 radical (unpaired) electrons. The highest BCUT2D eigenvalue weighted by Crippen LogP contribution is 2.22. The fraction of sp³-hybridized carbons (Fsp3) is 0.278. The molecule has 0 fully saturated rings. The Kier molecular flexibility index (Phi) is 6.03. The zero-order valence-corrected chi connectivity index (χ0v) is 13.7. The summed E-state index contributed by atoms with van der Waals surface area (Å²) in [5, 5.41) is 28.6. The molecule has 0 aliphatic carbocycles. The molecule has 1 aromatic heterocycles. The van der Waals surface area contributed by atoms with Crippen LogP contribution in [0, 0.1) is 6.92 Å². The molecule has 0 saturated carbocycles. The lowest BCUT2D eigenvalue weighted by atomic mass is 10.1. The lowest BCUT2D eigenvalue weighted by Gasteiger charge is -2.08. The first-order valence-electron chi connectivity index (χ1n) is 7.61. The van der Waals surface area contributed by atoms with Crippen molar-refractivity contribution in [1.29, 1.82) is 0 Å². The molecule has 2 aromatic rings. The number of benzene rings is 1. The van der Waals surface area contributed by atoms with Gasteiger partial charge < -0.3 is 15.3 Å². The summed E-state index contributed by atoms with van der Waals surface area (Å²) in [7, 11) is 0. The maximum atomic E-state index is 10.1. The molecule has 0 amide bonds. The Hall–Kier alpha value is -2.73. The smallest absolute Gasteiger partial charge is 0.145 e. The molecule has 6 heteroatoms. The maximum absolute atomic E-state index is 10.1. The van der Waals surface area contributed by atoms with Gasteiger partial charge in [-0.05, 0) is 43.7 Å². The molecule has 3 N–H and O–H groups in total. The van der Waals surface area contributed by atoms with Crippen molar-refractivity contribution in [2.45, 2.75) is 26.5 Å². The van der Waals surface area contributed by atoms with Crippen LogP contribution >= 0.6 is 0 Å². The molecular formula is C18H21N3O3. The molecule has 0 aliphatic heterocycles. The van der Waals surface area contributed by atoms with Gasteiger partial charge in [0.2, 0.25) is 0 Å². The largest absolute Gasteiger partial charge is 0.508 e. The van der Waals surface area contributed by atoms with Gasteiger partial charge in [-0.25, -0.2) is 0 Å². The lowest BCUT2D eigenvalue weighted by Crippen LogP contribution is -2.05. The third kappa shape index (κ3) is 4.63. The van der Waals surface area contributed by atoms with E-state index < -0.39 is 0 Å². The summed E-state index contributed by atoms with van der Waals surface area (Å²) in [4.78, 5) is 12.7. The molecule has 2 rings (SSSR count). The predicted octanol–water partition coefficient (Wildman–Crippen LogP) is 2.22. The number of rotatable bonds is 6. The van der Waals surface area contributed by atoms with Gasteiger partial charge in [0.25, 0.3) is 0 Å². The minimum Gasteiger partial charge on any atom is -0.508 e. The molecule has 0 aliphatic rings. The lowest BCUT2D eigenvalue weighted by molar-refractivity contribution is 0.280. The molecule has 1 aromatic carbocycles. The quantitative estimate of drug-likeness (QED) is 0.709. The SMILES string of the molecule is Cc1ncc(CO)c(C=NC(C)CN=Cc2ccc(O)cc2)c1O. The van der Waals surface area contributed by atoms with E-state index in [0.717, 1.165) is 5.56 Å². The van der Waals surface area contributed by atoms with Crippen LogP contribution in [0.2, 0.25) is 0 Å². The minimum absolute atomic E-state index is 0.0325. The Balaban J connectivity index is 2.02. The predicted molar refractivity (Wildman–Crippen MR) is 94.2 cm³/mol. The van der Waals surface area contributed by atoms with Gasteiger partial charge in [-0.15, -0.1) is 0 Å². The molecule has 126 valence electrons. The monoisotopic (exact) mass is 327 g/mol. The summed E-state index contributed by atoms with van der Waals surface area (Å²) in [5.74, 6) is 0.252. The van der Waals surface area contributed by atoms with Crippen LogP contribution in [-0.4, -0.2) is 45.3 Å². The van der Waals surface area contributed by atoms with Crippen molar-refractivity contribution in [2.24, 2.45) is 9.98 Å². The fourth-order valence-electron chi connectivity index (χ4n) is 2.04. The second-order valence-corrected chi connectivity index (χ2v) is 5.50. The molecule has 0 bridgehead atoms. The normalized spacial score (nSPS) is 13.0. The molecule has 0 saturated heterocycles. The van der Waals surface area contributed by atoms with E-state index in [9.17, 15) is 15.3 Å². The van der Waals surface area contributed by atoms with E-state index in [4.69, 9.17) is 0 Å². The van der Waals surface area contributed by atoms with Crippen LogP contribution in [0.25, 0.3) is 0 Å². The van der Waals surface area contributed by atoms with Gasteiger partial charge in [-0.2, -0.15) is 0 Å². The average Bonchev–Trinajstić information content (AvgIpc) is 2.58. The Bertz CT molecular complexity index is 740. The van der Waals surface area contributed by atoms with Gasteiger partial charge in [0.1, 0.15) is 11.5 Å². The first-order valence-corrected chi connectivity index (χ1v) is 7.61. The van der Waals surface area contributed by atoms with Crippen LogP contribution in [0.4, 0.5) is 0 Å². The summed E-state index contributed by atoms with van der Waals surface area (Å²) in [5.41, 5.74) is 2.40. The number of hydrogen-bond donors (Lipinski definition) is 3. The van der Waals surface area contributed by atoms with Gasteiger partial charge in [0, 0.05) is 29.8 Å². The Morgan fingerprint density at radius 2 is 1.88 bits per heavy atom. The summed E-state index contributed by atoms with van der Waals surface area (Å²) >= 11 is 0. The first kappa shape index (κ1) is 17.6. The molecule has 6 nitrogen and oxygen atoms in total. The van der Waals surface area contributed by atoms with Crippen LogP contribution in [0.1, 0.15) is 29.3 Å². The number of phenols is 1. The van der Waals surface area contributed by atoms with Crippen LogP contribution in [0.15, 0.2) is 40.4 Å². The van der Waals surface area contributed by atoms with Crippen molar-refractivity contribution in [3.8, 4) is 11.5 Å². The number of aromatic hydroxyl groups is 2. The average molecular weight is 327 g/mol. The zero-order valence-electron chi connectivity index (χ0n) is 13.7. The van der Waals surface area contributed by atoms with E-state index in [1.165, 1.54) is 6.20 Å². The van der Waals surface area contributed by atoms with E-state index in [2.05, 4.69) is 15.0 Å². The summed E-state index contributed by atoms with van der Waals surface area (Å²) < 4.78 is 0. The second kappa shape index (κ2) is 8.21. The molecule has 0 spiro atoms. The van der Waals surface area contributed by atoms with Crippen molar-refractivity contribution >= 4 is 12.4 Å². The minimum atomic E-state index is -0.213. The van der Waals surface area contributed by atoms with Gasteiger partial charge in [0.05, 0.1) is 24.9 Å². The molecule has 1 atom stereocenters. The number of aryl methyl sites for hydroxylation is 1. The molecule has 1 unspecified atom stereocenters. The van der Waals surface area contributed by atoms with Crippen LogP contribution in [0.3, 0.4) is 0 Å². The zero-order chi connectivity index (χ0) is 17.5. The number of aliphatic hydroxyl groups is 1.